The number of hydrogen-bond acceptors (Lipinski definition) is 3. The second-order valence-electron chi connectivity index (χ2n) is 7.87. The minimum absolute atomic E-state index is 0.0491. The van der Waals surface area contributed by atoms with Crippen LogP contribution in [0.4, 0.5) is 0 Å². The van der Waals surface area contributed by atoms with E-state index in [4.69, 9.17) is 9.72 Å². The predicted octanol–water partition coefficient (Wildman–Crippen LogP) is 5.43. The van der Waals surface area contributed by atoms with Gasteiger partial charge in [0.1, 0.15) is 11.6 Å². The molecule has 1 amide bonds. The number of aryl methyl sites for hydroxylation is 2. The summed E-state index contributed by atoms with van der Waals surface area (Å²) < 4.78 is 8.13. The van der Waals surface area contributed by atoms with Crippen LogP contribution in [0.3, 0.4) is 0 Å². The van der Waals surface area contributed by atoms with Gasteiger partial charge in [0.15, 0.2) is 0 Å². The SMILES string of the molecule is CCC(CC)C(=O)NC(C)c1nc2ccccc2n1CCCOc1cccc(C)c1. The van der Waals surface area contributed by atoms with Gasteiger partial charge in [-0.3, -0.25) is 4.79 Å². The van der Waals surface area contributed by atoms with Crippen LogP contribution in [0.1, 0.15) is 57.5 Å². The minimum Gasteiger partial charge on any atom is -0.494 e. The Hall–Kier alpha value is -2.82. The van der Waals surface area contributed by atoms with Crippen LogP contribution in [0.2, 0.25) is 0 Å². The molecule has 3 rings (SSSR count). The van der Waals surface area contributed by atoms with E-state index in [1.54, 1.807) is 0 Å². The zero-order valence-corrected chi connectivity index (χ0v) is 18.5. The molecule has 1 N–H and O–H groups in total. The smallest absolute Gasteiger partial charge is 0.223 e. The fraction of sp³-hybridized carbons (Fsp3) is 0.440. The average Bonchev–Trinajstić information content (AvgIpc) is 3.11. The second kappa shape index (κ2) is 10.3. The van der Waals surface area contributed by atoms with Crippen molar-refractivity contribution in [3.05, 3.63) is 59.9 Å². The van der Waals surface area contributed by atoms with Crippen molar-refractivity contribution in [1.82, 2.24) is 14.9 Å². The van der Waals surface area contributed by atoms with E-state index < -0.39 is 0 Å². The maximum absolute atomic E-state index is 12.6. The molecule has 2 aromatic carbocycles. The van der Waals surface area contributed by atoms with Gasteiger partial charge in [0.25, 0.3) is 0 Å². The van der Waals surface area contributed by atoms with E-state index in [2.05, 4.69) is 42.8 Å². The lowest BCUT2D eigenvalue weighted by Gasteiger charge is -2.19. The molecule has 0 aliphatic rings. The second-order valence-corrected chi connectivity index (χ2v) is 7.87. The maximum atomic E-state index is 12.6. The van der Waals surface area contributed by atoms with E-state index in [0.29, 0.717) is 6.61 Å². The van der Waals surface area contributed by atoms with Gasteiger partial charge in [0.2, 0.25) is 5.91 Å². The molecular weight excluding hydrogens is 374 g/mol. The molecule has 1 unspecified atom stereocenters. The molecule has 1 heterocycles. The number of carbonyl (C=O) groups excluding carboxylic acids is 1. The molecule has 1 aromatic heterocycles. The first-order valence-corrected chi connectivity index (χ1v) is 11.0. The summed E-state index contributed by atoms with van der Waals surface area (Å²) in [6.45, 7) is 9.61. The number of para-hydroxylation sites is 2. The van der Waals surface area contributed by atoms with Gasteiger partial charge in [-0.1, -0.05) is 38.1 Å². The Morgan fingerprint density at radius 1 is 1.13 bits per heavy atom. The summed E-state index contributed by atoms with van der Waals surface area (Å²) in [4.78, 5) is 17.4. The van der Waals surface area contributed by atoms with Crippen molar-refractivity contribution in [2.24, 2.45) is 5.92 Å². The highest BCUT2D eigenvalue weighted by Gasteiger charge is 2.21. The van der Waals surface area contributed by atoms with Gasteiger partial charge in [-0.2, -0.15) is 0 Å². The molecule has 30 heavy (non-hydrogen) atoms. The van der Waals surface area contributed by atoms with Crippen molar-refractivity contribution >= 4 is 16.9 Å². The van der Waals surface area contributed by atoms with E-state index in [-0.39, 0.29) is 17.9 Å². The largest absolute Gasteiger partial charge is 0.494 e. The van der Waals surface area contributed by atoms with Gasteiger partial charge >= 0.3 is 0 Å². The molecule has 0 bridgehead atoms. The number of amides is 1. The molecule has 0 radical (unpaired) electrons. The first kappa shape index (κ1) is 21.9. The van der Waals surface area contributed by atoms with Crippen molar-refractivity contribution in [3.8, 4) is 5.75 Å². The summed E-state index contributed by atoms with van der Waals surface area (Å²) in [7, 11) is 0. The topological polar surface area (TPSA) is 56.2 Å². The molecule has 0 spiro atoms. The Bertz CT molecular complexity index is 975. The first-order chi connectivity index (χ1) is 14.5. The van der Waals surface area contributed by atoms with Crippen LogP contribution in [-0.4, -0.2) is 22.1 Å². The Labute approximate surface area is 179 Å². The molecular formula is C25H33N3O2. The number of imidazole rings is 1. The molecule has 0 aliphatic carbocycles. The lowest BCUT2D eigenvalue weighted by Crippen LogP contribution is -2.33. The fourth-order valence-corrected chi connectivity index (χ4v) is 3.83. The van der Waals surface area contributed by atoms with Crippen LogP contribution < -0.4 is 10.1 Å². The Morgan fingerprint density at radius 3 is 2.63 bits per heavy atom. The Kier molecular flexibility index (Phi) is 7.50. The zero-order valence-electron chi connectivity index (χ0n) is 18.5. The van der Waals surface area contributed by atoms with Gasteiger partial charge < -0.3 is 14.6 Å². The van der Waals surface area contributed by atoms with Crippen LogP contribution in [-0.2, 0) is 11.3 Å². The summed E-state index contributed by atoms with van der Waals surface area (Å²) in [6, 6.07) is 16.1. The van der Waals surface area contributed by atoms with Crippen molar-refractivity contribution in [3.63, 3.8) is 0 Å². The predicted molar refractivity (Wildman–Crippen MR) is 122 cm³/mol. The van der Waals surface area contributed by atoms with Crippen molar-refractivity contribution in [2.75, 3.05) is 6.61 Å². The number of benzene rings is 2. The number of hydrogen-bond donors (Lipinski definition) is 1. The molecule has 0 saturated heterocycles. The van der Waals surface area contributed by atoms with Gasteiger partial charge in [-0.15, -0.1) is 0 Å². The highest BCUT2D eigenvalue weighted by Crippen LogP contribution is 2.22. The number of rotatable bonds is 10. The summed E-state index contributed by atoms with van der Waals surface area (Å²) in [5, 5.41) is 3.17. The highest BCUT2D eigenvalue weighted by atomic mass is 16.5. The quantitative estimate of drug-likeness (QED) is 0.456. The molecule has 0 fully saturated rings. The molecule has 5 heteroatoms. The minimum atomic E-state index is -0.150. The number of ether oxygens (including phenoxy) is 1. The average molecular weight is 408 g/mol. The van der Waals surface area contributed by atoms with Crippen molar-refractivity contribution < 1.29 is 9.53 Å². The monoisotopic (exact) mass is 407 g/mol. The Morgan fingerprint density at radius 2 is 1.90 bits per heavy atom. The van der Waals surface area contributed by atoms with E-state index >= 15 is 0 Å². The molecule has 3 aromatic rings. The summed E-state index contributed by atoms with van der Waals surface area (Å²) >= 11 is 0. The standard InChI is InChI=1S/C25H33N3O2/c1-5-20(6-2)25(29)26-19(4)24-27-22-13-7-8-14-23(22)28(24)15-10-16-30-21-12-9-11-18(3)17-21/h7-9,11-14,17,19-20H,5-6,10,15-16H2,1-4H3,(H,26,29). The third kappa shape index (κ3) is 5.21. The number of nitrogens with one attached hydrogen (secondary N) is 1. The molecule has 0 aliphatic heterocycles. The fourth-order valence-electron chi connectivity index (χ4n) is 3.83. The maximum Gasteiger partial charge on any atom is 0.223 e. The number of fused-ring (bicyclic) bond motifs is 1. The lowest BCUT2D eigenvalue weighted by molar-refractivity contribution is -0.125. The summed E-state index contributed by atoms with van der Waals surface area (Å²) in [6.07, 6.45) is 2.55. The number of aromatic nitrogens is 2. The van der Waals surface area contributed by atoms with Gasteiger partial charge in [0, 0.05) is 12.5 Å². The summed E-state index contributed by atoms with van der Waals surface area (Å²) in [5.41, 5.74) is 3.24. The van der Waals surface area contributed by atoms with Crippen molar-refractivity contribution in [2.45, 2.75) is 59.5 Å². The van der Waals surface area contributed by atoms with Gasteiger partial charge in [-0.25, -0.2) is 4.98 Å². The van der Waals surface area contributed by atoms with Crippen LogP contribution in [0.25, 0.3) is 11.0 Å². The molecule has 0 saturated carbocycles. The van der Waals surface area contributed by atoms with Crippen LogP contribution in [0.5, 0.6) is 5.75 Å². The Balaban J connectivity index is 1.72. The van der Waals surface area contributed by atoms with E-state index in [0.717, 1.165) is 48.4 Å². The number of nitrogens with zero attached hydrogens (tertiary/aromatic N) is 2. The third-order valence-electron chi connectivity index (χ3n) is 5.57. The van der Waals surface area contributed by atoms with Crippen molar-refractivity contribution in [1.29, 1.82) is 0 Å². The van der Waals surface area contributed by atoms with E-state index in [1.165, 1.54) is 5.56 Å². The number of carbonyl (C=O) groups is 1. The lowest BCUT2D eigenvalue weighted by atomic mass is 10.0. The van der Waals surface area contributed by atoms with Gasteiger partial charge in [0.05, 0.1) is 23.7 Å². The first-order valence-electron chi connectivity index (χ1n) is 11.0. The van der Waals surface area contributed by atoms with Crippen LogP contribution >= 0.6 is 0 Å². The molecule has 1 atom stereocenters. The summed E-state index contributed by atoms with van der Waals surface area (Å²) in [5.74, 6) is 1.95. The molecule has 5 nitrogen and oxygen atoms in total. The third-order valence-corrected chi connectivity index (χ3v) is 5.57. The highest BCUT2D eigenvalue weighted by molar-refractivity contribution is 5.79. The van der Waals surface area contributed by atoms with E-state index in [1.807, 2.05) is 43.3 Å². The van der Waals surface area contributed by atoms with Crippen LogP contribution in [0.15, 0.2) is 48.5 Å². The van der Waals surface area contributed by atoms with Crippen LogP contribution in [0, 0.1) is 12.8 Å². The zero-order chi connectivity index (χ0) is 21.5. The normalized spacial score (nSPS) is 12.3. The van der Waals surface area contributed by atoms with Gasteiger partial charge in [-0.05, 0) is 62.9 Å². The van der Waals surface area contributed by atoms with E-state index in [9.17, 15) is 4.79 Å². The molecule has 160 valence electrons.